The van der Waals surface area contributed by atoms with E-state index in [9.17, 15) is 4.79 Å². The van der Waals surface area contributed by atoms with E-state index in [1.165, 1.54) is 31.2 Å². The third-order valence-electron chi connectivity index (χ3n) is 5.18. The molecule has 22 heavy (non-hydrogen) atoms. The van der Waals surface area contributed by atoms with Crippen molar-refractivity contribution in [2.24, 2.45) is 0 Å². The van der Waals surface area contributed by atoms with Gasteiger partial charge in [-0.05, 0) is 62.9 Å². The van der Waals surface area contributed by atoms with Crippen LogP contribution in [0.1, 0.15) is 44.1 Å². The number of nitrogens with zero attached hydrogens (tertiary/aromatic N) is 1. The summed E-state index contributed by atoms with van der Waals surface area (Å²) >= 11 is 5.90. The van der Waals surface area contributed by atoms with Gasteiger partial charge in [-0.3, -0.25) is 9.69 Å². The maximum Gasteiger partial charge on any atom is 0.240 e. The topological polar surface area (TPSA) is 32.3 Å². The van der Waals surface area contributed by atoms with Crippen LogP contribution in [0.25, 0.3) is 0 Å². The fourth-order valence-electron chi connectivity index (χ4n) is 3.93. The Labute approximate surface area is 138 Å². The van der Waals surface area contributed by atoms with E-state index in [0.717, 1.165) is 37.4 Å². The van der Waals surface area contributed by atoms with Gasteiger partial charge in [0.15, 0.2) is 0 Å². The highest BCUT2D eigenvalue weighted by atomic mass is 35.5. The van der Waals surface area contributed by atoms with Gasteiger partial charge >= 0.3 is 0 Å². The van der Waals surface area contributed by atoms with Crippen molar-refractivity contribution < 1.29 is 4.79 Å². The summed E-state index contributed by atoms with van der Waals surface area (Å²) in [7, 11) is 0. The molecule has 1 aliphatic heterocycles. The quantitative estimate of drug-likeness (QED) is 0.901. The van der Waals surface area contributed by atoms with E-state index in [0.29, 0.717) is 6.54 Å². The molecule has 0 bridgehead atoms. The van der Waals surface area contributed by atoms with E-state index in [1.54, 1.807) is 0 Å². The van der Waals surface area contributed by atoms with Crippen LogP contribution in [0.5, 0.6) is 0 Å². The summed E-state index contributed by atoms with van der Waals surface area (Å²) in [5.41, 5.74) is 1.00. The van der Waals surface area contributed by atoms with E-state index in [4.69, 9.17) is 11.6 Å². The van der Waals surface area contributed by atoms with E-state index in [2.05, 4.69) is 10.2 Å². The SMILES string of the molecule is O=C(NCCc1ccc(Cl)cc1)C1(N2CCCC2)CCCC1. The monoisotopic (exact) mass is 320 g/mol. The predicted molar refractivity (Wildman–Crippen MR) is 90.2 cm³/mol. The normalized spacial score (nSPS) is 21.1. The third kappa shape index (κ3) is 3.31. The van der Waals surface area contributed by atoms with Gasteiger partial charge < -0.3 is 5.32 Å². The number of nitrogens with one attached hydrogen (secondary N) is 1. The standard InChI is InChI=1S/C18H25ClN2O/c19-16-7-5-15(6-8-16)9-12-20-17(22)18(10-1-2-11-18)21-13-3-4-14-21/h5-8H,1-4,9-14H2,(H,20,22). The van der Waals surface area contributed by atoms with Crippen LogP contribution in [0.4, 0.5) is 0 Å². The molecule has 0 aromatic heterocycles. The maximum atomic E-state index is 12.8. The highest BCUT2D eigenvalue weighted by molar-refractivity contribution is 6.30. The second kappa shape index (κ2) is 7.01. The Morgan fingerprint density at radius 1 is 1.09 bits per heavy atom. The summed E-state index contributed by atoms with van der Waals surface area (Å²) in [6.07, 6.45) is 7.75. The van der Waals surface area contributed by atoms with Crippen LogP contribution in [-0.2, 0) is 11.2 Å². The molecule has 120 valence electrons. The first-order valence-electron chi connectivity index (χ1n) is 8.48. The number of hydrogen-bond donors (Lipinski definition) is 1. The Morgan fingerprint density at radius 3 is 2.36 bits per heavy atom. The molecule has 1 amide bonds. The Kier molecular flexibility index (Phi) is 5.04. The number of halogens is 1. The molecule has 4 heteroatoms. The van der Waals surface area contributed by atoms with Crippen LogP contribution in [0, 0.1) is 0 Å². The number of carbonyl (C=O) groups excluding carboxylic acids is 1. The number of likely N-dealkylation sites (tertiary alicyclic amines) is 1. The molecule has 1 heterocycles. The molecule has 1 N–H and O–H groups in total. The summed E-state index contributed by atoms with van der Waals surface area (Å²) in [5.74, 6) is 0.251. The molecular weight excluding hydrogens is 296 g/mol. The molecular formula is C18H25ClN2O. The molecule has 0 unspecified atom stereocenters. The molecule has 2 aliphatic rings. The van der Waals surface area contributed by atoms with Crippen LogP contribution >= 0.6 is 11.6 Å². The average molecular weight is 321 g/mol. The minimum absolute atomic E-state index is 0.212. The second-order valence-electron chi connectivity index (χ2n) is 6.57. The fourth-order valence-corrected chi connectivity index (χ4v) is 4.05. The minimum Gasteiger partial charge on any atom is -0.354 e. The van der Waals surface area contributed by atoms with Gasteiger partial charge in [0, 0.05) is 11.6 Å². The van der Waals surface area contributed by atoms with Gasteiger partial charge in [0.1, 0.15) is 5.54 Å². The van der Waals surface area contributed by atoms with E-state index in [-0.39, 0.29) is 11.4 Å². The van der Waals surface area contributed by atoms with Crippen molar-refractivity contribution in [1.29, 1.82) is 0 Å². The lowest BCUT2D eigenvalue weighted by Crippen LogP contribution is -2.56. The second-order valence-corrected chi connectivity index (χ2v) is 7.00. The minimum atomic E-state index is -0.212. The number of benzene rings is 1. The first kappa shape index (κ1) is 15.8. The maximum absolute atomic E-state index is 12.8. The number of hydrogen-bond acceptors (Lipinski definition) is 2. The molecule has 1 aromatic carbocycles. The van der Waals surface area contributed by atoms with Crippen molar-refractivity contribution in [3.8, 4) is 0 Å². The lowest BCUT2D eigenvalue weighted by molar-refractivity contribution is -0.132. The van der Waals surface area contributed by atoms with Crippen LogP contribution in [-0.4, -0.2) is 36.0 Å². The summed E-state index contributed by atoms with van der Waals surface area (Å²) in [4.78, 5) is 15.3. The molecule has 1 saturated heterocycles. The molecule has 1 aliphatic carbocycles. The van der Waals surface area contributed by atoms with Crippen molar-refractivity contribution in [2.45, 2.75) is 50.5 Å². The lowest BCUT2D eigenvalue weighted by atomic mass is 9.94. The Hall–Kier alpha value is -1.06. The van der Waals surface area contributed by atoms with Crippen molar-refractivity contribution >= 4 is 17.5 Å². The van der Waals surface area contributed by atoms with Crippen molar-refractivity contribution in [3.05, 3.63) is 34.9 Å². The number of amides is 1. The first-order valence-corrected chi connectivity index (χ1v) is 8.86. The molecule has 0 spiro atoms. The van der Waals surface area contributed by atoms with Crippen molar-refractivity contribution in [2.75, 3.05) is 19.6 Å². The lowest BCUT2D eigenvalue weighted by Gasteiger charge is -2.37. The molecule has 3 rings (SSSR count). The van der Waals surface area contributed by atoms with E-state index in [1.807, 2.05) is 24.3 Å². The summed E-state index contributed by atoms with van der Waals surface area (Å²) < 4.78 is 0. The average Bonchev–Trinajstić information content (AvgIpc) is 3.21. The van der Waals surface area contributed by atoms with Gasteiger partial charge in [-0.2, -0.15) is 0 Å². The zero-order valence-electron chi connectivity index (χ0n) is 13.1. The molecule has 1 aromatic rings. The third-order valence-corrected chi connectivity index (χ3v) is 5.43. The zero-order chi connectivity index (χ0) is 15.4. The molecule has 0 radical (unpaired) electrons. The van der Waals surface area contributed by atoms with Gasteiger partial charge in [0.05, 0.1) is 0 Å². The molecule has 0 atom stereocenters. The van der Waals surface area contributed by atoms with Crippen molar-refractivity contribution in [1.82, 2.24) is 10.2 Å². The van der Waals surface area contributed by atoms with Gasteiger partial charge in [-0.25, -0.2) is 0 Å². The summed E-state index contributed by atoms with van der Waals surface area (Å²) in [6, 6.07) is 7.86. The highest BCUT2D eigenvalue weighted by Crippen LogP contribution is 2.37. The van der Waals surface area contributed by atoms with Crippen LogP contribution in [0.3, 0.4) is 0 Å². The largest absolute Gasteiger partial charge is 0.354 e. The van der Waals surface area contributed by atoms with Crippen LogP contribution in [0.15, 0.2) is 24.3 Å². The fraction of sp³-hybridized carbons (Fsp3) is 0.611. The van der Waals surface area contributed by atoms with Crippen LogP contribution < -0.4 is 5.32 Å². The Balaban J connectivity index is 1.56. The Morgan fingerprint density at radius 2 is 1.73 bits per heavy atom. The highest BCUT2D eigenvalue weighted by Gasteiger charge is 2.46. The summed E-state index contributed by atoms with van der Waals surface area (Å²) in [6.45, 7) is 2.88. The van der Waals surface area contributed by atoms with E-state index < -0.39 is 0 Å². The first-order chi connectivity index (χ1) is 10.7. The summed E-state index contributed by atoms with van der Waals surface area (Å²) in [5, 5.41) is 3.95. The Bertz CT molecular complexity index is 502. The molecule has 2 fully saturated rings. The smallest absolute Gasteiger partial charge is 0.240 e. The number of carbonyl (C=O) groups is 1. The predicted octanol–water partition coefficient (Wildman–Crippen LogP) is 3.41. The van der Waals surface area contributed by atoms with Gasteiger partial charge in [-0.1, -0.05) is 36.6 Å². The van der Waals surface area contributed by atoms with Crippen molar-refractivity contribution in [3.63, 3.8) is 0 Å². The number of rotatable bonds is 5. The van der Waals surface area contributed by atoms with Gasteiger partial charge in [0.25, 0.3) is 0 Å². The van der Waals surface area contributed by atoms with Gasteiger partial charge in [-0.15, -0.1) is 0 Å². The zero-order valence-corrected chi connectivity index (χ0v) is 13.9. The molecule has 3 nitrogen and oxygen atoms in total. The van der Waals surface area contributed by atoms with Gasteiger partial charge in [0.2, 0.25) is 5.91 Å². The van der Waals surface area contributed by atoms with Crippen LogP contribution in [0.2, 0.25) is 5.02 Å². The molecule has 1 saturated carbocycles. The van der Waals surface area contributed by atoms with E-state index >= 15 is 0 Å².